The Kier molecular flexibility index (Phi) is 7.83. The zero-order valence-electron chi connectivity index (χ0n) is 16.2. The van der Waals surface area contributed by atoms with Crippen molar-refractivity contribution in [1.82, 2.24) is 0 Å². The van der Waals surface area contributed by atoms with Gasteiger partial charge >= 0.3 is 5.97 Å². The number of rotatable bonds is 11. The molecule has 2 aromatic rings. The molecule has 0 aliphatic carbocycles. The maximum Gasteiger partial charge on any atom is 0.309 e. The number of unbranched alkanes of at least 4 members (excludes halogenated alkanes) is 2. The number of carbonyl (C=O) groups is 1. The van der Waals surface area contributed by atoms with Crippen LogP contribution in [0.25, 0.3) is 0 Å². The van der Waals surface area contributed by atoms with Crippen LogP contribution in [-0.4, -0.2) is 11.1 Å². The van der Waals surface area contributed by atoms with Crippen molar-refractivity contribution in [2.45, 2.75) is 59.0 Å². The third kappa shape index (κ3) is 6.70. The molecule has 0 radical (unpaired) electrons. The van der Waals surface area contributed by atoms with Crippen LogP contribution in [0, 0.1) is 11.2 Å². The Bertz CT molecular complexity index is 709. The van der Waals surface area contributed by atoms with Crippen molar-refractivity contribution in [2.75, 3.05) is 0 Å². The van der Waals surface area contributed by atoms with E-state index in [4.69, 9.17) is 4.74 Å². The zero-order valence-corrected chi connectivity index (χ0v) is 16.2. The first kappa shape index (κ1) is 20.9. The van der Waals surface area contributed by atoms with Gasteiger partial charge in [-0.2, -0.15) is 0 Å². The Balaban J connectivity index is 1.69. The summed E-state index contributed by atoms with van der Waals surface area (Å²) in [5.74, 6) is -0.144. The molecule has 0 bridgehead atoms. The highest BCUT2D eigenvalue weighted by Gasteiger charge is 2.29. The number of benzene rings is 2. The molecule has 0 saturated carbocycles. The van der Waals surface area contributed by atoms with E-state index in [-0.39, 0.29) is 5.82 Å². The van der Waals surface area contributed by atoms with Crippen molar-refractivity contribution >= 4 is 5.97 Å². The van der Waals surface area contributed by atoms with Crippen LogP contribution in [-0.2, 0) is 17.8 Å². The largest absolute Gasteiger partial charge is 0.489 e. The molecule has 1 N–H and O–H groups in total. The number of aryl methyl sites for hydroxylation is 1. The summed E-state index contributed by atoms with van der Waals surface area (Å²) in [4.78, 5) is 11.3. The van der Waals surface area contributed by atoms with Gasteiger partial charge in [0.25, 0.3) is 0 Å². The maximum atomic E-state index is 12.9. The third-order valence-electron chi connectivity index (χ3n) is 5.23. The van der Waals surface area contributed by atoms with Crippen molar-refractivity contribution in [3.63, 3.8) is 0 Å². The summed E-state index contributed by atoms with van der Waals surface area (Å²) in [7, 11) is 0. The van der Waals surface area contributed by atoms with Gasteiger partial charge in [-0.15, -0.1) is 0 Å². The summed E-state index contributed by atoms with van der Waals surface area (Å²) in [6, 6.07) is 14.3. The minimum absolute atomic E-state index is 0.245. The lowest BCUT2D eigenvalue weighted by atomic mass is 9.82. The molecular formula is C23H29FO3. The first-order valence-electron chi connectivity index (χ1n) is 9.62. The van der Waals surface area contributed by atoms with Gasteiger partial charge in [-0.25, -0.2) is 4.39 Å². The molecule has 0 fully saturated rings. The highest BCUT2D eigenvalue weighted by molar-refractivity contribution is 5.73. The zero-order chi connectivity index (χ0) is 19.7. The molecule has 0 spiro atoms. The second-order valence-corrected chi connectivity index (χ2v) is 7.34. The highest BCUT2D eigenvalue weighted by atomic mass is 19.1. The molecule has 0 saturated heterocycles. The van der Waals surface area contributed by atoms with Crippen LogP contribution in [0.1, 0.15) is 57.1 Å². The number of hydrogen-bond donors (Lipinski definition) is 1. The van der Waals surface area contributed by atoms with E-state index in [1.54, 1.807) is 12.1 Å². The fourth-order valence-corrected chi connectivity index (χ4v) is 2.96. The average molecular weight is 372 g/mol. The normalized spacial score (nSPS) is 13.1. The van der Waals surface area contributed by atoms with E-state index in [9.17, 15) is 14.3 Å². The molecule has 0 heterocycles. The number of carboxylic acid groups (broad SMARTS) is 1. The van der Waals surface area contributed by atoms with Gasteiger partial charge in [0.2, 0.25) is 0 Å². The van der Waals surface area contributed by atoms with Crippen LogP contribution in [0.5, 0.6) is 5.75 Å². The minimum atomic E-state index is -0.693. The molecule has 1 unspecified atom stereocenters. The van der Waals surface area contributed by atoms with Gasteiger partial charge < -0.3 is 9.84 Å². The van der Waals surface area contributed by atoms with Crippen LogP contribution >= 0.6 is 0 Å². The van der Waals surface area contributed by atoms with Gasteiger partial charge in [0.1, 0.15) is 18.2 Å². The monoisotopic (exact) mass is 372 g/mol. The first-order chi connectivity index (χ1) is 12.9. The van der Waals surface area contributed by atoms with Gasteiger partial charge in [-0.05, 0) is 68.0 Å². The summed E-state index contributed by atoms with van der Waals surface area (Å²) in [6.45, 7) is 4.19. The summed E-state index contributed by atoms with van der Waals surface area (Å²) < 4.78 is 18.6. The molecule has 27 heavy (non-hydrogen) atoms. The molecular weight excluding hydrogens is 343 g/mol. The van der Waals surface area contributed by atoms with Crippen LogP contribution in [0.15, 0.2) is 48.5 Å². The lowest BCUT2D eigenvalue weighted by Gasteiger charge is -2.22. The Hall–Kier alpha value is -2.36. The Morgan fingerprint density at radius 3 is 2.22 bits per heavy atom. The van der Waals surface area contributed by atoms with Crippen LogP contribution in [0.2, 0.25) is 0 Å². The Morgan fingerprint density at radius 1 is 1.00 bits per heavy atom. The van der Waals surface area contributed by atoms with Crippen molar-refractivity contribution in [3.05, 3.63) is 65.5 Å². The molecule has 3 nitrogen and oxygen atoms in total. The van der Waals surface area contributed by atoms with E-state index in [1.165, 1.54) is 17.7 Å². The third-order valence-corrected chi connectivity index (χ3v) is 5.23. The van der Waals surface area contributed by atoms with Gasteiger partial charge in [-0.3, -0.25) is 4.79 Å². The summed E-state index contributed by atoms with van der Waals surface area (Å²) >= 11 is 0. The maximum absolute atomic E-state index is 12.9. The lowest BCUT2D eigenvalue weighted by molar-refractivity contribution is -0.148. The molecule has 0 aliphatic rings. The van der Waals surface area contributed by atoms with Crippen molar-refractivity contribution < 1.29 is 19.0 Å². The SMILES string of the molecule is CCC(C)(CCCCCc1ccc(OCc2ccc(F)cc2)cc1)C(=O)O. The molecule has 0 aromatic heterocycles. The van der Waals surface area contributed by atoms with Crippen LogP contribution < -0.4 is 4.74 Å². The highest BCUT2D eigenvalue weighted by Crippen LogP contribution is 2.28. The molecule has 0 aliphatic heterocycles. The Labute approximate surface area is 161 Å². The van der Waals surface area contributed by atoms with E-state index >= 15 is 0 Å². The topological polar surface area (TPSA) is 46.5 Å². The predicted octanol–water partition coefficient (Wildman–Crippen LogP) is 6.01. The number of halogens is 1. The smallest absolute Gasteiger partial charge is 0.309 e. The van der Waals surface area contributed by atoms with Gasteiger partial charge in [0.05, 0.1) is 5.41 Å². The molecule has 4 heteroatoms. The summed E-state index contributed by atoms with van der Waals surface area (Å²) in [5, 5.41) is 9.29. The average Bonchev–Trinajstić information content (AvgIpc) is 2.68. The van der Waals surface area contributed by atoms with Crippen LogP contribution in [0.3, 0.4) is 0 Å². The number of ether oxygens (including phenoxy) is 1. The van der Waals surface area contributed by atoms with Crippen molar-refractivity contribution in [3.8, 4) is 5.75 Å². The molecule has 0 amide bonds. The van der Waals surface area contributed by atoms with Crippen LogP contribution in [0.4, 0.5) is 4.39 Å². The fourth-order valence-electron chi connectivity index (χ4n) is 2.96. The second kappa shape index (κ2) is 10.1. The first-order valence-corrected chi connectivity index (χ1v) is 9.62. The van der Waals surface area contributed by atoms with Crippen molar-refractivity contribution in [1.29, 1.82) is 0 Å². The van der Waals surface area contributed by atoms with E-state index < -0.39 is 11.4 Å². The molecule has 2 rings (SSSR count). The van der Waals surface area contributed by atoms with Crippen molar-refractivity contribution in [2.24, 2.45) is 5.41 Å². The second-order valence-electron chi connectivity index (χ2n) is 7.34. The summed E-state index contributed by atoms with van der Waals surface area (Å²) in [6.07, 6.45) is 5.40. The standard InChI is InChI=1S/C23H29FO3/c1-3-23(2,22(25)26)16-6-4-5-7-18-10-14-21(15-11-18)27-17-19-8-12-20(24)13-9-19/h8-15H,3-7,16-17H2,1-2H3,(H,25,26). The summed E-state index contributed by atoms with van der Waals surface area (Å²) in [5.41, 5.74) is 1.59. The number of hydrogen-bond acceptors (Lipinski definition) is 2. The van der Waals surface area contributed by atoms with E-state index in [1.807, 2.05) is 26.0 Å². The van der Waals surface area contributed by atoms with Gasteiger partial charge in [-0.1, -0.05) is 44.0 Å². The van der Waals surface area contributed by atoms with Gasteiger partial charge in [0, 0.05) is 0 Å². The minimum Gasteiger partial charge on any atom is -0.489 e. The predicted molar refractivity (Wildman–Crippen MR) is 105 cm³/mol. The quantitative estimate of drug-likeness (QED) is 0.491. The Morgan fingerprint density at radius 2 is 1.63 bits per heavy atom. The van der Waals surface area contributed by atoms with E-state index in [0.29, 0.717) is 13.0 Å². The molecule has 2 aromatic carbocycles. The van der Waals surface area contributed by atoms with E-state index in [0.717, 1.165) is 43.4 Å². The van der Waals surface area contributed by atoms with E-state index in [2.05, 4.69) is 12.1 Å². The number of carboxylic acids is 1. The molecule has 146 valence electrons. The molecule has 1 atom stereocenters. The fraction of sp³-hybridized carbons (Fsp3) is 0.435. The number of aliphatic carboxylic acids is 1. The lowest BCUT2D eigenvalue weighted by Crippen LogP contribution is -2.26. The van der Waals surface area contributed by atoms with Gasteiger partial charge in [0.15, 0.2) is 0 Å².